The van der Waals surface area contributed by atoms with Gasteiger partial charge in [-0.25, -0.2) is 25.6 Å². The highest BCUT2D eigenvalue weighted by Gasteiger charge is 2.25. The van der Waals surface area contributed by atoms with Crippen molar-refractivity contribution >= 4 is 25.7 Å². The number of rotatable bonds is 9. The average Bonchev–Trinajstić information content (AvgIpc) is 2.65. The van der Waals surface area contributed by atoms with Crippen LogP contribution in [0.1, 0.15) is 27.7 Å². The first-order chi connectivity index (χ1) is 13.9. The summed E-state index contributed by atoms with van der Waals surface area (Å²) in [7, 11) is -8.22. The van der Waals surface area contributed by atoms with Crippen molar-refractivity contribution in [3.63, 3.8) is 0 Å². The fraction of sp³-hybridized carbons (Fsp3) is 0.368. The van der Waals surface area contributed by atoms with Crippen LogP contribution in [-0.2, 0) is 20.0 Å². The second kappa shape index (κ2) is 9.27. The molecule has 0 aromatic heterocycles. The fourth-order valence-electron chi connectivity index (χ4n) is 2.67. The van der Waals surface area contributed by atoms with Gasteiger partial charge in [0.2, 0.25) is 10.0 Å². The summed E-state index contributed by atoms with van der Waals surface area (Å²) in [5.74, 6) is -2.42. The van der Waals surface area contributed by atoms with Crippen LogP contribution in [0.4, 0.5) is 14.5 Å². The predicted octanol–water partition coefficient (Wildman–Crippen LogP) is 3.58. The van der Waals surface area contributed by atoms with Gasteiger partial charge >= 0.3 is 0 Å². The Morgan fingerprint density at radius 2 is 1.53 bits per heavy atom. The molecule has 0 bridgehead atoms. The number of nitrogens with one attached hydrogen (secondary N) is 1. The van der Waals surface area contributed by atoms with Crippen LogP contribution in [0, 0.1) is 11.6 Å². The third-order valence-electron chi connectivity index (χ3n) is 4.10. The molecule has 11 heteroatoms. The van der Waals surface area contributed by atoms with Crippen molar-refractivity contribution in [2.75, 3.05) is 17.8 Å². The van der Waals surface area contributed by atoms with Gasteiger partial charge in [-0.15, -0.1) is 0 Å². The van der Waals surface area contributed by atoms with Gasteiger partial charge in [0.1, 0.15) is 5.75 Å². The Hall–Kier alpha value is -2.24. The van der Waals surface area contributed by atoms with E-state index in [1.165, 1.54) is 16.4 Å². The number of nitrogens with zero attached hydrogens (tertiary/aromatic N) is 1. The summed E-state index contributed by atoms with van der Waals surface area (Å²) in [5, 5.41) is 0. The predicted molar refractivity (Wildman–Crippen MR) is 109 cm³/mol. The lowest BCUT2D eigenvalue weighted by Crippen LogP contribution is -2.30. The van der Waals surface area contributed by atoms with Gasteiger partial charge in [-0.2, -0.15) is 4.31 Å². The number of sulfonamides is 2. The second-order valence-electron chi connectivity index (χ2n) is 6.60. The van der Waals surface area contributed by atoms with Crippen LogP contribution < -0.4 is 9.46 Å². The highest BCUT2D eigenvalue weighted by Crippen LogP contribution is 2.32. The van der Waals surface area contributed by atoms with Crippen LogP contribution in [0.5, 0.6) is 5.75 Å². The molecule has 0 heterocycles. The molecule has 0 unspecified atom stereocenters. The van der Waals surface area contributed by atoms with Crippen molar-refractivity contribution in [3.05, 3.63) is 48.0 Å². The van der Waals surface area contributed by atoms with Gasteiger partial charge in [0.25, 0.3) is 10.0 Å². The van der Waals surface area contributed by atoms with E-state index in [0.29, 0.717) is 12.1 Å². The second-order valence-corrected chi connectivity index (χ2v) is 10.2. The Morgan fingerprint density at radius 1 is 0.933 bits per heavy atom. The van der Waals surface area contributed by atoms with E-state index in [1.807, 2.05) is 0 Å². The molecule has 0 aliphatic carbocycles. The summed E-state index contributed by atoms with van der Waals surface area (Å²) in [4.78, 5) is -0.654. The first-order valence-corrected chi connectivity index (χ1v) is 12.1. The smallest absolute Gasteiger partial charge is 0.262 e. The van der Waals surface area contributed by atoms with Crippen LogP contribution in [0.3, 0.4) is 0 Å². The zero-order valence-electron chi connectivity index (χ0n) is 17.0. The molecular formula is C19H24F2N2O5S2. The zero-order valence-corrected chi connectivity index (χ0v) is 18.6. The van der Waals surface area contributed by atoms with Crippen LogP contribution >= 0.6 is 0 Å². The Kier molecular flexibility index (Phi) is 7.43. The molecule has 0 fully saturated rings. The topological polar surface area (TPSA) is 92.8 Å². The molecule has 30 heavy (non-hydrogen) atoms. The van der Waals surface area contributed by atoms with E-state index < -0.39 is 36.6 Å². The van der Waals surface area contributed by atoms with E-state index in [0.717, 1.165) is 12.1 Å². The van der Waals surface area contributed by atoms with Crippen LogP contribution in [0.2, 0.25) is 0 Å². The minimum Gasteiger partial charge on any atom is -0.489 e. The largest absolute Gasteiger partial charge is 0.489 e. The Morgan fingerprint density at radius 3 is 2.07 bits per heavy atom. The molecule has 0 saturated carbocycles. The summed E-state index contributed by atoms with van der Waals surface area (Å²) in [6.07, 6.45) is -0.332. The number of hydrogen-bond donors (Lipinski definition) is 1. The fourth-order valence-corrected chi connectivity index (χ4v) is 5.22. The number of ether oxygens (including phenoxy) is 1. The SMILES string of the molecule is CCN(CC)S(=O)(=O)c1ccc(OC(C)C)c(NS(=O)(=O)c2ccc(F)c(F)c2)c1. The molecule has 2 aromatic rings. The average molecular weight is 463 g/mol. The standard InChI is InChI=1S/C19H24F2N2O5S2/c1-5-23(6-2)30(26,27)15-8-10-19(28-13(3)4)18(12-15)22-29(24,25)14-7-9-16(20)17(21)11-14/h7-13,22H,5-6H2,1-4H3. The Labute approximate surface area is 175 Å². The van der Waals surface area contributed by atoms with Crippen LogP contribution in [0.15, 0.2) is 46.2 Å². The summed E-state index contributed by atoms with van der Waals surface area (Å²) < 4.78 is 86.7. The minimum absolute atomic E-state index is 0.0923. The lowest BCUT2D eigenvalue weighted by Gasteiger charge is -2.21. The highest BCUT2D eigenvalue weighted by molar-refractivity contribution is 7.92. The molecule has 2 aromatic carbocycles. The summed E-state index contributed by atoms with van der Waals surface area (Å²) in [5.41, 5.74) is -0.137. The van der Waals surface area contributed by atoms with Gasteiger partial charge in [0.15, 0.2) is 11.6 Å². The number of anilines is 1. The van der Waals surface area contributed by atoms with E-state index in [4.69, 9.17) is 4.74 Å². The molecule has 0 saturated heterocycles. The molecule has 1 N–H and O–H groups in total. The maximum Gasteiger partial charge on any atom is 0.262 e. The van der Waals surface area contributed by atoms with E-state index in [9.17, 15) is 25.6 Å². The number of benzene rings is 2. The van der Waals surface area contributed by atoms with Gasteiger partial charge in [-0.3, -0.25) is 4.72 Å². The highest BCUT2D eigenvalue weighted by atomic mass is 32.2. The first kappa shape index (κ1) is 24.0. The molecule has 7 nitrogen and oxygen atoms in total. The van der Waals surface area contributed by atoms with Gasteiger partial charge in [-0.1, -0.05) is 13.8 Å². The van der Waals surface area contributed by atoms with Crippen molar-refractivity contribution in [1.29, 1.82) is 0 Å². The number of hydrogen-bond acceptors (Lipinski definition) is 5. The molecule has 2 rings (SSSR count). The van der Waals surface area contributed by atoms with Crippen LogP contribution in [0.25, 0.3) is 0 Å². The van der Waals surface area contributed by atoms with Crippen molar-refractivity contribution in [2.45, 2.75) is 43.6 Å². The molecule has 0 amide bonds. The van der Waals surface area contributed by atoms with E-state index in [1.54, 1.807) is 27.7 Å². The molecule has 0 radical (unpaired) electrons. The molecule has 0 spiro atoms. The molecule has 0 aliphatic rings. The van der Waals surface area contributed by atoms with Crippen molar-refractivity contribution in [1.82, 2.24) is 4.31 Å². The lowest BCUT2D eigenvalue weighted by atomic mass is 10.3. The molecular weight excluding hydrogens is 438 g/mol. The minimum atomic E-state index is -4.35. The molecule has 166 valence electrons. The van der Waals surface area contributed by atoms with Crippen molar-refractivity contribution < 1.29 is 30.4 Å². The normalized spacial score (nSPS) is 12.4. The summed E-state index contributed by atoms with van der Waals surface area (Å²) in [6, 6.07) is 5.94. The monoisotopic (exact) mass is 462 g/mol. The maximum atomic E-state index is 13.5. The van der Waals surface area contributed by atoms with Gasteiger partial charge in [-0.05, 0) is 50.2 Å². The quantitative estimate of drug-likeness (QED) is 0.615. The third kappa shape index (κ3) is 5.27. The van der Waals surface area contributed by atoms with Crippen LogP contribution in [-0.4, -0.2) is 40.3 Å². The van der Waals surface area contributed by atoms with Crippen molar-refractivity contribution in [2.24, 2.45) is 0 Å². The Balaban J connectivity index is 2.56. The maximum absolute atomic E-state index is 13.5. The van der Waals surface area contributed by atoms with Gasteiger partial charge in [0, 0.05) is 13.1 Å². The zero-order chi connectivity index (χ0) is 22.7. The summed E-state index contributed by atoms with van der Waals surface area (Å²) in [6.45, 7) is 7.27. The molecule has 0 atom stereocenters. The Bertz CT molecular complexity index is 1120. The molecule has 0 aliphatic heterocycles. The summed E-state index contributed by atoms with van der Waals surface area (Å²) >= 11 is 0. The lowest BCUT2D eigenvalue weighted by molar-refractivity contribution is 0.243. The van der Waals surface area contributed by atoms with Gasteiger partial charge in [0.05, 0.1) is 21.6 Å². The van der Waals surface area contributed by atoms with E-state index in [-0.39, 0.29) is 35.5 Å². The van der Waals surface area contributed by atoms with Crippen molar-refractivity contribution in [3.8, 4) is 5.75 Å². The first-order valence-electron chi connectivity index (χ1n) is 9.21. The van der Waals surface area contributed by atoms with Gasteiger partial charge < -0.3 is 4.74 Å². The third-order valence-corrected chi connectivity index (χ3v) is 7.51. The van der Waals surface area contributed by atoms with E-state index in [2.05, 4.69) is 4.72 Å². The number of halogens is 2. The van der Waals surface area contributed by atoms with E-state index >= 15 is 0 Å².